The van der Waals surface area contributed by atoms with Crippen LogP contribution in [0.5, 0.6) is 0 Å². The number of hydrogen-bond acceptors (Lipinski definition) is 2. The molecule has 1 N–H and O–H groups in total. The Kier molecular flexibility index (Phi) is 4.02. The van der Waals surface area contributed by atoms with Gasteiger partial charge in [0.1, 0.15) is 6.54 Å². The molecule has 0 saturated heterocycles. The van der Waals surface area contributed by atoms with E-state index in [2.05, 4.69) is 0 Å². The third kappa shape index (κ3) is 3.20. The highest BCUT2D eigenvalue weighted by Crippen LogP contribution is 2.31. The number of carbonyl (C=O) groups excluding carboxylic acids is 1. The molecular weight excluding hydrogens is 218 g/mol. The van der Waals surface area contributed by atoms with Crippen molar-refractivity contribution in [1.82, 2.24) is 4.90 Å². The molecule has 2 aliphatic carbocycles. The van der Waals surface area contributed by atoms with Gasteiger partial charge in [-0.2, -0.15) is 0 Å². The monoisotopic (exact) mass is 239 g/mol. The number of carbonyl (C=O) groups is 2. The number of nitrogens with zero attached hydrogens (tertiary/aromatic N) is 1. The number of amides is 1. The van der Waals surface area contributed by atoms with E-state index in [1.807, 2.05) is 0 Å². The number of aliphatic carboxylic acids is 1. The summed E-state index contributed by atoms with van der Waals surface area (Å²) in [6.07, 6.45) is 8.25. The Hall–Kier alpha value is -1.06. The van der Waals surface area contributed by atoms with Crippen molar-refractivity contribution in [3.05, 3.63) is 0 Å². The van der Waals surface area contributed by atoms with Crippen LogP contribution in [-0.4, -0.2) is 34.5 Å². The van der Waals surface area contributed by atoms with Gasteiger partial charge in [0.2, 0.25) is 5.91 Å². The van der Waals surface area contributed by atoms with Gasteiger partial charge in [0.25, 0.3) is 0 Å². The summed E-state index contributed by atoms with van der Waals surface area (Å²) in [5.41, 5.74) is 0. The molecule has 4 nitrogen and oxygen atoms in total. The lowest BCUT2D eigenvalue weighted by atomic mass is 9.82. The lowest BCUT2D eigenvalue weighted by Crippen LogP contribution is -2.43. The molecule has 4 heteroatoms. The van der Waals surface area contributed by atoms with Gasteiger partial charge in [-0.1, -0.05) is 19.3 Å². The summed E-state index contributed by atoms with van der Waals surface area (Å²) in [6, 6.07) is 0.179. The third-order valence-corrected chi connectivity index (χ3v) is 4.08. The zero-order valence-electron chi connectivity index (χ0n) is 10.2. The van der Waals surface area contributed by atoms with E-state index in [1.54, 1.807) is 4.90 Å². The molecule has 0 unspecified atom stereocenters. The van der Waals surface area contributed by atoms with Gasteiger partial charge in [0.15, 0.2) is 0 Å². The first-order valence-corrected chi connectivity index (χ1v) is 6.68. The van der Waals surface area contributed by atoms with Crippen LogP contribution in [0.15, 0.2) is 0 Å². The van der Waals surface area contributed by atoms with Gasteiger partial charge in [-0.15, -0.1) is 0 Å². The van der Waals surface area contributed by atoms with Crippen LogP contribution in [0.25, 0.3) is 0 Å². The zero-order valence-corrected chi connectivity index (χ0v) is 10.2. The summed E-state index contributed by atoms with van der Waals surface area (Å²) in [5, 5.41) is 8.90. The van der Waals surface area contributed by atoms with Crippen molar-refractivity contribution in [2.45, 2.75) is 57.4 Å². The molecule has 0 aliphatic heterocycles. The maximum Gasteiger partial charge on any atom is 0.323 e. The predicted octanol–water partition coefficient (Wildman–Crippen LogP) is 2.03. The van der Waals surface area contributed by atoms with E-state index in [0.29, 0.717) is 12.3 Å². The highest BCUT2D eigenvalue weighted by atomic mass is 16.4. The summed E-state index contributed by atoms with van der Waals surface area (Å²) in [6.45, 7) is -0.115. The van der Waals surface area contributed by atoms with Crippen LogP contribution in [0.1, 0.15) is 51.4 Å². The normalized spacial score (nSPS) is 21.2. The van der Waals surface area contributed by atoms with E-state index < -0.39 is 5.97 Å². The van der Waals surface area contributed by atoms with Gasteiger partial charge in [0.05, 0.1) is 0 Å². The first-order valence-electron chi connectivity index (χ1n) is 6.68. The molecule has 1 amide bonds. The van der Waals surface area contributed by atoms with Crippen LogP contribution >= 0.6 is 0 Å². The zero-order chi connectivity index (χ0) is 12.3. The maximum atomic E-state index is 12.1. The van der Waals surface area contributed by atoms with Gasteiger partial charge in [-0.25, -0.2) is 0 Å². The molecule has 0 atom stereocenters. The number of carboxylic acid groups (broad SMARTS) is 1. The van der Waals surface area contributed by atoms with Crippen molar-refractivity contribution in [3.8, 4) is 0 Å². The van der Waals surface area contributed by atoms with Gasteiger partial charge in [-0.3, -0.25) is 9.59 Å². The second kappa shape index (κ2) is 5.52. The predicted molar refractivity (Wildman–Crippen MR) is 63.6 cm³/mol. The molecule has 0 aromatic heterocycles. The molecular formula is C13H21NO3. The molecule has 2 rings (SSSR count). The number of rotatable bonds is 5. The van der Waals surface area contributed by atoms with Crippen molar-refractivity contribution in [3.63, 3.8) is 0 Å². The van der Waals surface area contributed by atoms with Crippen LogP contribution in [0.2, 0.25) is 0 Å². The Morgan fingerprint density at radius 3 is 2.18 bits per heavy atom. The molecule has 0 radical (unpaired) electrons. The van der Waals surface area contributed by atoms with Crippen LogP contribution in [0, 0.1) is 5.92 Å². The Morgan fingerprint density at radius 2 is 1.71 bits per heavy atom. The quantitative estimate of drug-likeness (QED) is 0.798. The first kappa shape index (κ1) is 12.4. The Morgan fingerprint density at radius 1 is 1.06 bits per heavy atom. The largest absolute Gasteiger partial charge is 0.480 e. The fraction of sp³-hybridized carbons (Fsp3) is 0.846. The fourth-order valence-electron chi connectivity index (χ4n) is 2.84. The minimum Gasteiger partial charge on any atom is -0.480 e. The molecule has 2 saturated carbocycles. The van der Waals surface area contributed by atoms with Crippen LogP contribution in [0.4, 0.5) is 0 Å². The average molecular weight is 239 g/mol. The molecule has 2 fully saturated rings. The van der Waals surface area contributed by atoms with E-state index in [9.17, 15) is 9.59 Å². The Balaban J connectivity index is 1.92. The highest BCUT2D eigenvalue weighted by molar-refractivity contribution is 5.81. The van der Waals surface area contributed by atoms with E-state index in [4.69, 9.17) is 5.11 Å². The third-order valence-electron chi connectivity index (χ3n) is 4.08. The van der Waals surface area contributed by atoms with Gasteiger partial charge < -0.3 is 10.0 Å². The lowest BCUT2D eigenvalue weighted by Gasteiger charge is -2.31. The van der Waals surface area contributed by atoms with E-state index in [0.717, 1.165) is 38.5 Å². The minimum atomic E-state index is -0.890. The molecule has 17 heavy (non-hydrogen) atoms. The van der Waals surface area contributed by atoms with Crippen LogP contribution in [0.3, 0.4) is 0 Å². The number of carboxylic acids is 1. The Labute approximate surface area is 102 Å². The summed E-state index contributed by atoms with van der Waals surface area (Å²) >= 11 is 0. The Bertz CT molecular complexity index is 293. The van der Waals surface area contributed by atoms with E-state index in [-0.39, 0.29) is 18.5 Å². The van der Waals surface area contributed by atoms with Crippen molar-refractivity contribution < 1.29 is 14.7 Å². The van der Waals surface area contributed by atoms with Crippen molar-refractivity contribution in [2.75, 3.05) is 6.54 Å². The summed E-state index contributed by atoms with van der Waals surface area (Å²) in [7, 11) is 0. The summed E-state index contributed by atoms with van der Waals surface area (Å²) in [5.74, 6) is -0.317. The van der Waals surface area contributed by atoms with Crippen molar-refractivity contribution in [1.29, 1.82) is 0 Å². The molecule has 0 bridgehead atoms. The molecule has 2 aliphatic rings. The van der Waals surface area contributed by atoms with Gasteiger partial charge >= 0.3 is 5.97 Å². The number of hydrogen-bond donors (Lipinski definition) is 1. The molecule has 0 aromatic rings. The molecule has 96 valence electrons. The van der Waals surface area contributed by atoms with Crippen molar-refractivity contribution in [2.24, 2.45) is 5.92 Å². The SMILES string of the molecule is O=C(O)CN(C(=O)CC1CCC1)C1CCCC1. The van der Waals surface area contributed by atoms with Crippen LogP contribution in [-0.2, 0) is 9.59 Å². The maximum absolute atomic E-state index is 12.1. The first-order chi connectivity index (χ1) is 8.16. The van der Waals surface area contributed by atoms with Crippen LogP contribution < -0.4 is 0 Å². The van der Waals surface area contributed by atoms with Crippen molar-refractivity contribution >= 4 is 11.9 Å². The lowest BCUT2D eigenvalue weighted by molar-refractivity contribution is -0.147. The minimum absolute atomic E-state index is 0.0593. The average Bonchev–Trinajstić information content (AvgIpc) is 2.72. The van der Waals surface area contributed by atoms with E-state index >= 15 is 0 Å². The highest BCUT2D eigenvalue weighted by Gasteiger charge is 2.30. The summed E-state index contributed by atoms with van der Waals surface area (Å²) < 4.78 is 0. The smallest absolute Gasteiger partial charge is 0.323 e. The molecule has 0 spiro atoms. The topological polar surface area (TPSA) is 57.6 Å². The second-order valence-corrected chi connectivity index (χ2v) is 5.35. The standard InChI is InChI=1S/C13H21NO3/c15-12(8-10-4-3-5-10)14(9-13(16)17)11-6-1-2-7-11/h10-11H,1-9H2,(H,16,17). The summed E-state index contributed by atoms with van der Waals surface area (Å²) in [4.78, 5) is 24.6. The second-order valence-electron chi connectivity index (χ2n) is 5.35. The molecule has 0 heterocycles. The van der Waals surface area contributed by atoms with Gasteiger partial charge in [-0.05, 0) is 31.6 Å². The molecule has 0 aromatic carbocycles. The van der Waals surface area contributed by atoms with E-state index in [1.165, 1.54) is 6.42 Å². The van der Waals surface area contributed by atoms with Gasteiger partial charge in [0, 0.05) is 12.5 Å². The fourth-order valence-corrected chi connectivity index (χ4v) is 2.84.